The zero-order chi connectivity index (χ0) is 15.8. The average molecular weight is 304 g/mol. The molecular weight excluding hydrogens is 276 g/mol. The minimum Gasteiger partial charge on any atom is -0.481 e. The largest absolute Gasteiger partial charge is 0.481 e. The SMILES string of the molecule is CCCCN1CC(CC(=O)O)CC(NCc2ccccc2)C1. The molecule has 22 heavy (non-hydrogen) atoms. The smallest absolute Gasteiger partial charge is 0.303 e. The number of likely N-dealkylation sites (tertiary alicyclic amines) is 1. The predicted octanol–water partition coefficient (Wildman–Crippen LogP) is 2.74. The lowest BCUT2D eigenvalue weighted by Gasteiger charge is -2.38. The first-order chi connectivity index (χ1) is 10.7. The van der Waals surface area contributed by atoms with Crippen LogP contribution in [0.15, 0.2) is 30.3 Å². The third-order valence-electron chi connectivity index (χ3n) is 4.34. The van der Waals surface area contributed by atoms with Crippen LogP contribution in [0.4, 0.5) is 0 Å². The molecule has 0 amide bonds. The summed E-state index contributed by atoms with van der Waals surface area (Å²) in [4.78, 5) is 13.5. The van der Waals surface area contributed by atoms with Crippen molar-refractivity contribution in [2.24, 2.45) is 5.92 Å². The topological polar surface area (TPSA) is 52.6 Å². The van der Waals surface area contributed by atoms with Gasteiger partial charge in [0.1, 0.15) is 0 Å². The molecule has 0 bridgehead atoms. The van der Waals surface area contributed by atoms with Gasteiger partial charge in [0.05, 0.1) is 0 Å². The van der Waals surface area contributed by atoms with Gasteiger partial charge in [-0.15, -0.1) is 0 Å². The number of rotatable bonds is 8. The molecule has 0 aromatic heterocycles. The lowest BCUT2D eigenvalue weighted by atomic mass is 9.91. The maximum atomic E-state index is 11.0. The fourth-order valence-electron chi connectivity index (χ4n) is 3.27. The molecule has 1 saturated heterocycles. The van der Waals surface area contributed by atoms with E-state index < -0.39 is 5.97 Å². The van der Waals surface area contributed by atoms with E-state index >= 15 is 0 Å². The van der Waals surface area contributed by atoms with Gasteiger partial charge in [-0.1, -0.05) is 43.7 Å². The lowest BCUT2D eigenvalue weighted by molar-refractivity contribution is -0.138. The minimum absolute atomic E-state index is 0.261. The van der Waals surface area contributed by atoms with Gasteiger partial charge in [0.15, 0.2) is 0 Å². The van der Waals surface area contributed by atoms with Crippen molar-refractivity contribution in [3.8, 4) is 0 Å². The lowest BCUT2D eigenvalue weighted by Crippen LogP contribution is -2.49. The number of carboxylic acid groups (broad SMARTS) is 1. The van der Waals surface area contributed by atoms with Crippen molar-refractivity contribution < 1.29 is 9.90 Å². The Balaban J connectivity index is 1.88. The van der Waals surface area contributed by atoms with Crippen molar-refractivity contribution in [3.05, 3.63) is 35.9 Å². The summed E-state index contributed by atoms with van der Waals surface area (Å²) in [7, 11) is 0. The van der Waals surface area contributed by atoms with Gasteiger partial charge in [0, 0.05) is 32.1 Å². The Bertz CT molecular complexity index is 450. The van der Waals surface area contributed by atoms with Crippen LogP contribution in [0.3, 0.4) is 0 Å². The number of nitrogens with zero attached hydrogens (tertiary/aromatic N) is 1. The van der Waals surface area contributed by atoms with Crippen LogP contribution in [0.1, 0.15) is 38.2 Å². The summed E-state index contributed by atoms with van der Waals surface area (Å²) < 4.78 is 0. The predicted molar refractivity (Wildman–Crippen MR) is 88.8 cm³/mol. The second kappa shape index (κ2) is 8.91. The highest BCUT2D eigenvalue weighted by atomic mass is 16.4. The molecule has 1 aromatic carbocycles. The molecule has 2 N–H and O–H groups in total. The van der Waals surface area contributed by atoms with Gasteiger partial charge < -0.3 is 15.3 Å². The summed E-state index contributed by atoms with van der Waals surface area (Å²) in [6.07, 6.45) is 3.61. The van der Waals surface area contributed by atoms with Crippen molar-refractivity contribution in [2.45, 2.75) is 45.2 Å². The molecule has 1 aromatic rings. The Morgan fingerprint density at radius 2 is 2.09 bits per heavy atom. The van der Waals surface area contributed by atoms with E-state index in [2.05, 4.69) is 41.4 Å². The molecule has 1 aliphatic rings. The molecule has 122 valence electrons. The van der Waals surface area contributed by atoms with Crippen LogP contribution in [-0.2, 0) is 11.3 Å². The van der Waals surface area contributed by atoms with E-state index in [9.17, 15) is 4.79 Å². The van der Waals surface area contributed by atoms with Crippen LogP contribution in [-0.4, -0.2) is 41.7 Å². The van der Waals surface area contributed by atoms with Gasteiger partial charge in [-0.3, -0.25) is 4.79 Å². The molecule has 4 heteroatoms. The number of hydrogen-bond acceptors (Lipinski definition) is 3. The maximum absolute atomic E-state index is 11.0. The zero-order valence-corrected chi connectivity index (χ0v) is 13.5. The fraction of sp³-hybridized carbons (Fsp3) is 0.611. The summed E-state index contributed by atoms with van der Waals surface area (Å²) in [6.45, 7) is 6.09. The summed E-state index contributed by atoms with van der Waals surface area (Å²) >= 11 is 0. The molecule has 2 rings (SSSR count). The highest BCUT2D eigenvalue weighted by Crippen LogP contribution is 2.21. The molecule has 0 saturated carbocycles. The third-order valence-corrected chi connectivity index (χ3v) is 4.34. The Hall–Kier alpha value is -1.39. The van der Waals surface area contributed by atoms with Gasteiger partial charge in [-0.25, -0.2) is 0 Å². The van der Waals surface area contributed by atoms with Gasteiger partial charge in [-0.05, 0) is 30.9 Å². The first kappa shape index (κ1) is 17.0. The van der Waals surface area contributed by atoms with Crippen molar-refractivity contribution in [1.29, 1.82) is 0 Å². The monoisotopic (exact) mass is 304 g/mol. The average Bonchev–Trinajstić information content (AvgIpc) is 2.51. The molecule has 1 fully saturated rings. The molecular formula is C18H28N2O2. The number of hydrogen-bond donors (Lipinski definition) is 2. The zero-order valence-electron chi connectivity index (χ0n) is 13.5. The molecule has 0 spiro atoms. The third kappa shape index (κ3) is 5.78. The van der Waals surface area contributed by atoms with Crippen molar-refractivity contribution >= 4 is 5.97 Å². The molecule has 1 heterocycles. The van der Waals surface area contributed by atoms with Crippen LogP contribution >= 0.6 is 0 Å². The summed E-state index contributed by atoms with van der Waals surface area (Å²) in [5, 5.41) is 12.7. The Morgan fingerprint density at radius 1 is 1.32 bits per heavy atom. The first-order valence-electron chi connectivity index (χ1n) is 8.38. The van der Waals surface area contributed by atoms with E-state index in [0.717, 1.165) is 32.6 Å². The van der Waals surface area contributed by atoms with Crippen LogP contribution in [0, 0.1) is 5.92 Å². The summed E-state index contributed by atoms with van der Waals surface area (Å²) in [5.41, 5.74) is 1.28. The van der Waals surface area contributed by atoms with Crippen molar-refractivity contribution in [1.82, 2.24) is 10.2 Å². The molecule has 1 aliphatic heterocycles. The number of carbonyl (C=O) groups is 1. The van der Waals surface area contributed by atoms with Gasteiger partial charge in [-0.2, -0.15) is 0 Å². The van der Waals surface area contributed by atoms with Crippen LogP contribution in [0.25, 0.3) is 0 Å². The molecule has 0 aliphatic carbocycles. The quantitative estimate of drug-likeness (QED) is 0.775. The molecule has 2 unspecified atom stereocenters. The Kier molecular flexibility index (Phi) is 6.87. The summed E-state index contributed by atoms with van der Waals surface area (Å²) in [5.74, 6) is -0.416. The fourth-order valence-corrected chi connectivity index (χ4v) is 3.27. The number of nitrogens with one attached hydrogen (secondary N) is 1. The first-order valence-corrected chi connectivity index (χ1v) is 8.38. The number of piperidine rings is 1. The second-order valence-electron chi connectivity index (χ2n) is 6.38. The van der Waals surface area contributed by atoms with E-state index in [1.54, 1.807) is 0 Å². The Labute approximate surface area is 133 Å². The molecule has 4 nitrogen and oxygen atoms in total. The number of unbranched alkanes of at least 4 members (excludes halogenated alkanes) is 1. The number of carboxylic acids is 1. The molecule has 2 atom stereocenters. The number of benzene rings is 1. The van der Waals surface area contributed by atoms with Gasteiger partial charge >= 0.3 is 5.97 Å². The van der Waals surface area contributed by atoms with Gasteiger partial charge in [0.25, 0.3) is 0 Å². The van der Waals surface area contributed by atoms with Crippen molar-refractivity contribution in [3.63, 3.8) is 0 Å². The van der Waals surface area contributed by atoms with E-state index in [-0.39, 0.29) is 12.3 Å². The standard InChI is InChI=1S/C18H28N2O2/c1-2-3-9-20-13-16(11-18(21)22)10-17(14-20)19-12-15-7-5-4-6-8-15/h4-8,16-17,19H,2-3,9-14H2,1H3,(H,21,22). The normalized spacial score (nSPS) is 22.6. The van der Waals surface area contributed by atoms with E-state index in [0.29, 0.717) is 6.04 Å². The maximum Gasteiger partial charge on any atom is 0.303 e. The van der Waals surface area contributed by atoms with Crippen molar-refractivity contribution in [2.75, 3.05) is 19.6 Å². The highest BCUT2D eigenvalue weighted by Gasteiger charge is 2.28. The second-order valence-corrected chi connectivity index (χ2v) is 6.38. The van der Waals surface area contributed by atoms with E-state index in [4.69, 9.17) is 5.11 Å². The van der Waals surface area contributed by atoms with Gasteiger partial charge in [0.2, 0.25) is 0 Å². The van der Waals surface area contributed by atoms with Crippen LogP contribution in [0.2, 0.25) is 0 Å². The minimum atomic E-state index is -0.677. The molecule has 0 radical (unpaired) electrons. The van der Waals surface area contributed by atoms with Crippen LogP contribution in [0.5, 0.6) is 0 Å². The van der Waals surface area contributed by atoms with E-state index in [1.165, 1.54) is 18.4 Å². The highest BCUT2D eigenvalue weighted by molar-refractivity contribution is 5.67. The van der Waals surface area contributed by atoms with E-state index in [1.807, 2.05) is 6.07 Å². The number of aliphatic carboxylic acids is 1. The summed E-state index contributed by atoms with van der Waals surface area (Å²) in [6, 6.07) is 10.8. The van der Waals surface area contributed by atoms with Crippen LogP contribution < -0.4 is 5.32 Å². The Morgan fingerprint density at radius 3 is 2.77 bits per heavy atom.